The zero-order chi connectivity index (χ0) is 15.7. The molecule has 0 aliphatic heterocycles. The van der Waals surface area contributed by atoms with E-state index in [2.05, 4.69) is 0 Å². The van der Waals surface area contributed by atoms with E-state index in [-0.39, 0.29) is 5.56 Å². The van der Waals surface area contributed by atoms with Crippen LogP contribution in [0.3, 0.4) is 0 Å². The monoisotopic (exact) mass is 289 g/mol. The maximum absolute atomic E-state index is 13.0. The van der Waals surface area contributed by atoms with Crippen molar-refractivity contribution < 1.29 is 0 Å². The molecule has 0 amide bonds. The van der Waals surface area contributed by atoms with E-state index in [9.17, 15) is 4.79 Å². The standard InChI is InChI=1S/C19H9B2NO/c20-10-5-6-17-14(7-10)16-9-11(21)8-15-12-3-1-2-4-13(12)19(23)22(17)18(15)16/h1-9H. The summed E-state index contributed by atoms with van der Waals surface area (Å²) in [6.45, 7) is 0. The van der Waals surface area contributed by atoms with Crippen molar-refractivity contribution in [1.29, 1.82) is 0 Å². The molecule has 4 heteroatoms. The number of rotatable bonds is 0. The van der Waals surface area contributed by atoms with E-state index in [1.807, 2.05) is 54.6 Å². The maximum Gasteiger partial charge on any atom is 0.263 e. The average Bonchev–Trinajstić information content (AvgIpc) is 2.87. The number of pyridine rings is 1. The van der Waals surface area contributed by atoms with E-state index in [4.69, 9.17) is 15.7 Å². The van der Waals surface area contributed by atoms with E-state index in [1.54, 1.807) is 4.40 Å². The highest BCUT2D eigenvalue weighted by Gasteiger charge is 2.16. The molecule has 3 aromatic carbocycles. The summed E-state index contributed by atoms with van der Waals surface area (Å²) in [6, 6.07) is 17.1. The fourth-order valence-electron chi connectivity index (χ4n) is 3.63. The molecule has 0 N–H and O–H groups in total. The van der Waals surface area contributed by atoms with Crippen molar-refractivity contribution in [3.63, 3.8) is 0 Å². The molecule has 0 saturated heterocycles. The van der Waals surface area contributed by atoms with Gasteiger partial charge < -0.3 is 0 Å². The van der Waals surface area contributed by atoms with Gasteiger partial charge in [0, 0.05) is 21.5 Å². The van der Waals surface area contributed by atoms with Crippen LogP contribution in [-0.4, -0.2) is 20.1 Å². The van der Waals surface area contributed by atoms with Crippen LogP contribution in [0.5, 0.6) is 0 Å². The topological polar surface area (TPSA) is 21.5 Å². The molecule has 5 rings (SSSR count). The van der Waals surface area contributed by atoms with Gasteiger partial charge in [0.2, 0.25) is 0 Å². The van der Waals surface area contributed by atoms with Crippen molar-refractivity contribution in [2.24, 2.45) is 0 Å². The lowest BCUT2D eigenvalue weighted by atomic mass is 9.90. The molecule has 0 unspecified atom stereocenters. The van der Waals surface area contributed by atoms with Gasteiger partial charge in [-0.25, -0.2) is 0 Å². The number of fused-ring (bicyclic) bond motifs is 5. The Hall–Kier alpha value is -2.74. The van der Waals surface area contributed by atoms with Gasteiger partial charge in [-0.2, -0.15) is 0 Å². The lowest BCUT2D eigenvalue weighted by Crippen LogP contribution is -2.14. The second kappa shape index (κ2) is 4.17. The van der Waals surface area contributed by atoms with Crippen molar-refractivity contribution in [1.82, 2.24) is 4.40 Å². The molecule has 2 nitrogen and oxygen atoms in total. The summed E-state index contributed by atoms with van der Waals surface area (Å²) in [5.41, 5.74) is 3.11. The summed E-state index contributed by atoms with van der Waals surface area (Å²) in [5, 5.41) is 4.53. The predicted molar refractivity (Wildman–Crippen MR) is 98.1 cm³/mol. The van der Waals surface area contributed by atoms with Crippen molar-refractivity contribution in [3.8, 4) is 0 Å². The number of benzene rings is 3. The summed E-state index contributed by atoms with van der Waals surface area (Å²) >= 11 is 0. The van der Waals surface area contributed by atoms with Crippen molar-refractivity contribution in [2.75, 3.05) is 0 Å². The first-order valence-electron chi connectivity index (χ1n) is 7.42. The van der Waals surface area contributed by atoms with Crippen molar-refractivity contribution in [2.45, 2.75) is 0 Å². The number of nitrogens with zero attached hydrogens (tertiary/aromatic N) is 1. The zero-order valence-corrected chi connectivity index (χ0v) is 12.2. The Morgan fingerprint density at radius 3 is 2.13 bits per heavy atom. The average molecular weight is 289 g/mol. The second-order valence-corrected chi connectivity index (χ2v) is 5.93. The van der Waals surface area contributed by atoms with Gasteiger partial charge in [-0.3, -0.25) is 9.20 Å². The maximum atomic E-state index is 13.0. The molecular weight excluding hydrogens is 280 g/mol. The van der Waals surface area contributed by atoms with Gasteiger partial charge >= 0.3 is 0 Å². The van der Waals surface area contributed by atoms with Gasteiger partial charge in [0.05, 0.1) is 11.0 Å². The van der Waals surface area contributed by atoms with E-state index in [1.165, 1.54) is 0 Å². The van der Waals surface area contributed by atoms with Gasteiger partial charge in [-0.1, -0.05) is 53.4 Å². The molecule has 0 aliphatic rings. The van der Waals surface area contributed by atoms with Crippen molar-refractivity contribution >= 4 is 64.6 Å². The van der Waals surface area contributed by atoms with Crippen LogP contribution in [0.1, 0.15) is 0 Å². The van der Waals surface area contributed by atoms with E-state index >= 15 is 0 Å². The third-order valence-electron chi connectivity index (χ3n) is 4.56. The quantitative estimate of drug-likeness (QED) is 0.314. The molecule has 4 radical (unpaired) electrons. The Labute approximate surface area is 134 Å². The highest BCUT2D eigenvalue weighted by atomic mass is 16.1. The molecule has 0 aliphatic carbocycles. The van der Waals surface area contributed by atoms with Crippen LogP contribution in [0, 0.1) is 0 Å². The molecule has 0 bridgehead atoms. The molecule has 0 saturated carbocycles. The minimum Gasteiger partial charge on any atom is -0.275 e. The normalized spacial score (nSPS) is 12.0. The Morgan fingerprint density at radius 2 is 1.35 bits per heavy atom. The van der Waals surface area contributed by atoms with E-state index in [0.717, 1.165) is 32.6 Å². The largest absolute Gasteiger partial charge is 0.275 e. The van der Waals surface area contributed by atoms with Gasteiger partial charge in [0.15, 0.2) is 0 Å². The molecule has 102 valence electrons. The summed E-state index contributed by atoms with van der Waals surface area (Å²) in [5.74, 6) is 0. The lowest BCUT2D eigenvalue weighted by Gasteiger charge is -2.07. The van der Waals surface area contributed by atoms with Crippen LogP contribution >= 0.6 is 0 Å². The smallest absolute Gasteiger partial charge is 0.263 e. The van der Waals surface area contributed by atoms with Gasteiger partial charge in [-0.15, -0.1) is 0 Å². The minimum absolute atomic E-state index is 0.0114. The molecule has 0 atom stereocenters. The first-order valence-corrected chi connectivity index (χ1v) is 7.42. The van der Waals surface area contributed by atoms with E-state index < -0.39 is 0 Å². The fourth-order valence-corrected chi connectivity index (χ4v) is 3.63. The van der Waals surface area contributed by atoms with Crippen LogP contribution in [-0.2, 0) is 0 Å². The molecule has 0 spiro atoms. The number of hydrogen-bond acceptors (Lipinski definition) is 1. The van der Waals surface area contributed by atoms with Gasteiger partial charge in [-0.05, 0) is 17.5 Å². The molecule has 2 heterocycles. The van der Waals surface area contributed by atoms with Crippen LogP contribution in [0.25, 0.3) is 38.0 Å². The first kappa shape index (κ1) is 12.8. The Kier molecular flexibility index (Phi) is 2.31. The van der Waals surface area contributed by atoms with Gasteiger partial charge in [0.1, 0.15) is 15.7 Å². The predicted octanol–water partition coefficient (Wildman–Crippen LogP) is 1.78. The Balaban J connectivity index is 2.29. The zero-order valence-electron chi connectivity index (χ0n) is 12.2. The number of aromatic nitrogens is 1. The summed E-state index contributed by atoms with van der Waals surface area (Å²) in [6.07, 6.45) is 0. The molecule has 5 aromatic rings. The highest BCUT2D eigenvalue weighted by Crippen LogP contribution is 2.32. The third-order valence-corrected chi connectivity index (χ3v) is 4.56. The third kappa shape index (κ3) is 1.53. The SMILES string of the molecule is [B]c1ccc2c(c1)c1cc([B])cc3c4ccccc4c(=O)n2c31. The summed E-state index contributed by atoms with van der Waals surface area (Å²) in [7, 11) is 12.1. The number of hydrogen-bond donors (Lipinski definition) is 0. The molecule has 0 fully saturated rings. The fraction of sp³-hybridized carbons (Fsp3) is 0. The molecular formula is C19H9B2NO. The van der Waals surface area contributed by atoms with Crippen LogP contribution in [0.4, 0.5) is 0 Å². The Bertz CT molecular complexity index is 1300. The lowest BCUT2D eigenvalue weighted by molar-refractivity contribution is 1.21. The Morgan fingerprint density at radius 1 is 0.696 bits per heavy atom. The molecule has 23 heavy (non-hydrogen) atoms. The van der Waals surface area contributed by atoms with Crippen LogP contribution in [0.15, 0.2) is 59.4 Å². The van der Waals surface area contributed by atoms with Crippen LogP contribution < -0.4 is 16.5 Å². The molecule has 2 aromatic heterocycles. The van der Waals surface area contributed by atoms with Gasteiger partial charge in [0.25, 0.3) is 5.56 Å². The van der Waals surface area contributed by atoms with Crippen molar-refractivity contribution in [3.05, 3.63) is 65.0 Å². The minimum atomic E-state index is -0.0114. The summed E-state index contributed by atoms with van der Waals surface area (Å²) < 4.78 is 1.78. The highest BCUT2D eigenvalue weighted by molar-refractivity contribution is 6.37. The van der Waals surface area contributed by atoms with Crippen LogP contribution in [0.2, 0.25) is 0 Å². The first-order chi connectivity index (χ1) is 11.1. The second-order valence-electron chi connectivity index (χ2n) is 5.93. The summed E-state index contributed by atoms with van der Waals surface area (Å²) in [4.78, 5) is 13.0. The van der Waals surface area contributed by atoms with E-state index in [0.29, 0.717) is 16.3 Å².